The van der Waals surface area contributed by atoms with E-state index in [0.717, 1.165) is 29.7 Å². The van der Waals surface area contributed by atoms with Gasteiger partial charge in [-0.05, 0) is 61.6 Å². The number of nitriles is 1. The first-order valence-electron chi connectivity index (χ1n) is 13.8. The van der Waals surface area contributed by atoms with E-state index >= 15 is 0 Å². The number of aromatic nitrogens is 4. The van der Waals surface area contributed by atoms with Gasteiger partial charge in [0.1, 0.15) is 28.6 Å². The molecule has 11 heteroatoms. The van der Waals surface area contributed by atoms with Gasteiger partial charge in [-0.25, -0.2) is 9.97 Å². The third-order valence-corrected chi connectivity index (χ3v) is 7.51. The summed E-state index contributed by atoms with van der Waals surface area (Å²) >= 11 is 0. The second-order valence-electron chi connectivity index (χ2n) is 12.0. The summed E-state index contributed by atoms with van der Waals surface area (Å²) in [5.41, 5.74) is 8.71. The minimum Gasteiger partial charge on any atom is -0.441 e. The number of fused-ring (bicyclic) bond motifs is 1. The molecular weight excluding hydrogens is 520 g/mol. The quantitative estimate of drug-likeness (QED) is 0.297. The van der Waals surface area contributed by atoms with Gasteiger partial charge < -0.3 is 20.8 Å². The van der Waals surface area contributed by atoms with Crippen molar-refractivity contribution >= 4 is 28.7 Å². The number of benzene rings is 1. The number of nitrogens with zero attached hydrogens (tertiary/aromatic N) is 5. The van der Waals surface area contributed by atoms with Crippen LogP contribution >= 0.6 is 0 Å². The second-order valence-corrected chi connectivity index (χ2v) is 12.0. The van der Waals surface area contributed by atoms with Crippen LogP contribution in [0.15, 0.2) is 47.0 Å². The first kappa shape index (κ1) is 26.5. The average Bonchev–Trinajstić information content (AvgIpc) is 3.84. The lowest BCUT2D eigenvalue weighted by Gasteiger charge is -2.19. The molecule has 2 saturated carbocycles. The van der Waals surface area contributed by atoms with Gasteiger partial charge in [-0.2, -0.15) is 10.4 Å². The van der Waals surface area contributed by atoms with Crippen molar-refractivity contribution in [3.63, 3.8) is 0 Å². The Morgan fingerprint density at radius 2 is 1.95 bits per heavy atom. The van der Waals surface area contributed by atoms with Gasteiger partial charge in [0.25, 0.3) is 5.91 Å². The first-order valence-corrected chi connectivity index (χ1v) is 13.8. The predicted octanol–water partition coefficient (Wildman–Crippen LogP) is 3.81. The van der Waals surface area contributed by atoms with Crippen LogP contribution in [0.3, 0.4) is 0 Å². The molecule has 2 aliphatic rings. The van der Waals surface area contributed by atoms with Crippen molar-refractivity contribution < 1.29 is 14.0 Å². The standard InChI is InChI=1S/C30H32N8O3/c1-29(2,3)24-14-22(38(37-24)19-6-7-19)28(40)35-21(27(39)36-30(16-31)10-11-30)13-26-34-20-8-4-17(12-23(20)41-26)18-5-9-25(32)33-15-18/h4-5,8-9,12,14-15,19,21H,6-7,10-11,13H2,1-3H3,(H2,32,33)(H,35,40)(H,36,39)/t21-/m0/s1. The summed E-state index contributed by atoms with van der Waals surface area (Å²) in [6.07, 6.45) is 4.76. The number of carbonyl (C=O) groups excluding carboxylic acids is 2. The molecule has 1 aromatic carbocycles. The Bertz CT molecular complexity index is 1680. The normalized spacial score (nSPS) is 16.6. The number of hydrogen-bond acceptors (Lipinski definition) is 8. The van der Waals surface area contributed by atoms with E-state index in [1.807, 2.05) is 45.0 Å². The molecule has 2 amide bonds. The van der Waals surface area contributed by atoms with Gasteiger partial charge in [-0.15, -0.1) is 0 Å². The lowest BCUT2D eigenvalue weighted by Crippen LogP contribution is -2.51. The number of nitrogens with two attached hydrogens (primary N) is 1. The summed E-state index contributed by atoms with van der Waals surface area (Å²) in [7, 11) is 0. The maximum atomic E-state index is 13.6. The molecule has 0 aliphatic heterocycles. The topological polar surface area (TPSA) is 165 Å². The number of pyridine rings is 1. The van der Waals surface area contributed by atoms with Crippen LogP contribution in [-0.4, -0.2) is 43.1 Å². The van der Waals surface area contributed by atoms with E-state index in [2.05, 4.69) is 26.7 Å². The van der Waals surface area contributed by atoms with Crippen molar-refractivity contribution in [2.24, 2.45) is 0 Å². The van der Waals surface area contributed by atoms with Crippen LogP contribution in [0.1, 0.15) is 74.6 Å². The van der Waals surface area contributed by atoms with Crippen molar-refractivity contribution in [1.82, 2.24) is 30.4 Å². The highest BCUT2D eigenvalue weighted by atomic mass is 16.3. The number of hydrogen-bond donors (Lipinski definition) is 3. The number of anilines is 1. The monoisotopic (exact) mass is 552 g/mol. The van der Waals surface area contributed by atoms with Crippen LogP contribution in [0.2, 0.25) is 0 Å². The molecule has 2 aliphatic carbocycles. The van der Waals surface area contributed by atoms with Crippen LogP contribution in [-0.2, 0) is 16.6 Å². The second kappa shape index (κ2) is 9.73. The molecule has 210 valence electrons. The van der Waals surface area contributed by atoms with E-state index in [0.29, 0.717) is 41.3 Å². The molecule has 0 radical (unpaired) electrons. The third kappa shape index (κ3) is 5.50. The Morgan fingerprint density at radius 1 is 1.20 bits per heavy atom. The fraction of sp³-hybridized carbons (Fsp3) is 0.400. The fourth-order valence-corrected chi connectivity index (χ4v) is 4.67. The third-order valence-electron chi connectivity index (χ3n) is 7.51. The van der Waals surface area contributed by atoms with E-state index in [9.17, 15) is 14.9 Å². The first-order chi connectivity index (χ1) is 19.5. The fourth-order valence-electron chi connectivity index (χ4n) is 4.67. The van der Waals surface area contributed by atoms with Gasteiger partial charge in [-0.1, -0.05) is 26.8 Å². The Hall–Kier alpha value is -4.72. The van der Waals surface area contributed by atoms with Crippen LogP contribution in [0.25, 0.3) is 22.2 Å². The molecule has 0 saturated heterocycles. The molecule has 2 fully saturated rings. The van der Waals surface area contributed by atoms with Gasteiger partial charge in [0.2, 0.25) is 5.91 Å². The molecule has 1 atom stereocenters. The van der Waals surface area contributed by atoms with Crippen LogP contribution in [0, 0.1) is 11.3 Å². The minimum absolute atomic E-state index is 0.0101. The van der Waals surface area contributed by atoms with E-state index < -0.39 is 23.4 Å². The smallest absolute Gasteiger partial charge is 0.270 e. The number of nitrogens with one attached hydrogen (secondary N) is 2. The van der Waals surface area contributed by atoms with Gasteiger partial charge >= 0.3 is 0 Å². The van der Waals surface area contributed by atoms with E-state index in [1.54, 1.807) is 23.0 Å². The molecule has 3 aromatic heterocycles. The molecule has 6 rings (SSSR count). The predicted molar refractivity (Wildman–Crippen MR) is 152 cm³/mol. The number of amides is 2. The molecule has 0 bridgehead atoms. The molecule has 4 aromatic rings. The van der Waals surface area contributed by atoms with Crippen LogP contribution in [0.4, 0.5) is 5.82 Å². The van der Waals surface area contributed by atoms with E-state index in [4.69, 9.17) is 15.2 Å². The summed E-state index contributed by atoms with van der Waals surface area (Å²) in [6, 6.07) is 12.3. The Balaban J connectivity index is 1.28. The molecule has 0 unspecified atom stereocenters. The average molecular weight is 553 g/mol. The Labute approximate surface area is 237 Å². The lowest BCUT2D eigenvalue weighted by molar-refractivity contribution is -0.123. The van der Waals surface area contributed by atoms with Crippen LogP contribution < -0.4 is 16.4 Å². The summed E-state index contributed by atoms with van der Waals surface area (Å²) in [4.78, 5) is 35.7. The van der Waals surface area contributed by atoms with Gasteiger partial charge in [0.05, 0.1) is 24.2 Å². The Morgan fingerprint density at radius 3 is 2.59 bits per heavy atom. The molecule has 4 N–H and O–H groups in total. The highest BCUT2D eigenvalue weighted by molar-refractivity contribution is 5.97. The summed E-state index contributed by atoms with van der Waals surface area (Å²) in [5.74, 6) is -0.138. The van der Waals surface area contributed by atoms with Crippen molar-refractivity contribution in [3.05, 3.63) is 59.9 Å². The molecular formula is C30H32N8O3. The van der Waals surface area contributed by atoms with Crippen molar-refractivity contribution in [1.29, 1.82) is 5.26 Å². The number of carbonyl (C=O) groups is 2. The zero-order valence-electron chi connectivity index (χ0n) is 23.3. The molecule has 41 heavy (non-hydrogen) atoms. The summed E-state index contributed by atoms with van der Waals surface area (Å²) in [5, 5.41) is 20.0. The molecule has 3 heterocycles. The van der Waals surface area contributed by atoms with E-state index in [-0.39, 0.29) is 17.9 Å². The van der Waals surface area contributed by atoms with E-state index in [1.165, 1.54) is 0 Å². The minimum atomic E-state index is -1.01. The largest absolute Gasteiger partial charge is 0.441 e. The zero-order valence-corrected chi connectivity index (χ0v) is 23.3. The van der Waals surface area contributed by atoms with Crippen molar-refractivity contribution in [2.45, 2.75) is 75.9 Å². The molecule has 11 nitrogen and oxygen atoms in total. The summed E-state index contributed by atoms with van der Waals surface area (Å²) in [6.45, 7) is 6.14. The highest BCUT2D eigenvalue weighted by Gasteiger charge is 2.46. The SMILES string of the molecule is CC(C)(C)c1cc(C(=O)N[C@@H](Cc2nc3ccc(-c4ccc(N)nc4)cc3o2)C(=O)NC2(C#N)CC2)n(C2CC2)n1. The highest BCUT2D eigenvalue weighted by Crippen LogP contribution is 2.37. The zero-order chi connectivity index (χ0) is 28.9. The van der Waals surface area contributed by atoms with Gasteiger partial charge in [0, 0.05) is 17.2 Å². The van der Waals surface area contributed by atoms with Gasteiger partial charge in [-0.3, -0.25) is 14.3 Å². The molecule has 0 spiro atoms. The van der Waals surface area contributed by atoms with Gasteiger partial charge in [0.15, 0.2) is 11.5 Å². The van der Waals surface area contributed by atoms with Crippen molar-refractivity contribution in [2.75, 3.05) is 5.73 Å². The summed E-state index contributed by atoms with van der Waals surface area (Å²) < 4.78 is 7.82. The Kier molecular flexibility index (Phi) is 6.29. The maximum absolute atomic E-state index is 13.6. The number of oxazole rings is 1. The van der Waals surface area contributed by atoms with Crippen molar-refractivity contribution in [3.8, 4) is 17.2 Å². The lowest BCUT2D eigenvalue weighted by atomic mass is 9.92. The number of rotatable bonds is 8. The van der Waals surface area contributed by atoms with Crippen LogP contribution in [0.5, 0.6) is 0 Å². The maximum Gasteiger partial charge on any atom is 0.270 e. The number of nitrogen functional groups attached to an aromatic ring is 1.